The van der Waals surface area contributed by atoms with Crippen molar-refractivity contribution in [2.24, 2.45) is 0 Å². The summed E-state index contributed by atoms with van der Waals surface area (Å²) >= 11 is 1.64. The van der Waals surface area contributed by atoms with Crippen LogP contribution >= 0.6 is 11.8 Å². The first-order valence-corrected chi connectivity index (χ1v) is 9.84. The van der Waals surface area contributed by atoms with E-state index in [1.54, 1.807) is 43.0 Å². The molecule has 1 heterocycles. The molecule has 1 aliphatic heterocycles. The SMILES string of the molecule is COC(=O)C(N(C=O)c1ccc(C#CC#CCC(C)O)cc1)C1(OC)CSC1. The van der Waals surface area contributed by atoms with Crippen molar-refractivity contribution < 1.29 is 24.2 Å². The second kappa shape index (κ2) is 10.2. The number of ether oxygens (including phenoxy) is 2. The number of carbonyl (C=O) groups excluding carboxylic acids is 2. The van der Waals surface area contributed by atoms with Crippen molar-refractivity contribution in [2.75, 3.05) is 30.6 Å². The summed E-state index contributed by atoms with van der Waals surface area (Å²) in [5.74, 6) is 11.7. The summed E-state index contributed by atoms with van der Waals surface area (Å²) in [6.07, 6.45) is 0.513. The van der Waals surface area contributed by atoms with Crippen LogP contribution in [0.4, 0.5) is 5.69 Å². The standard InChI is InChI=1S/C21H23NO5S/c1-16(24)7-5-4-6-8-17-9-11-18(12-10-17)22(15-23)19(20(25)26-2)21(27-3)13-28-14-21/h9-12,15-16,19,24H,7,13-14H2,1-3H3. The minimum Gasteiger partial charge on any atom is -0.467 e. The summed E-state index contributed by atoms with van der Waals surface area (Å²) in [6.45, 7) is 1.66. The molecule has 1 aromatic rings. The number of nitrogens with zero attached hydrogens (tertiary/aromatic N) is 1. The fraction of sp³-hybridized carbons (Fsp3) is 0.429. The van der Waals surface area contributed by atoms with Gasteiger partial charge in [0.25, 0.3) is 0 Å². The Labute approximate surface area is 169 Å². The lowest BCUT2D eigenvalue weighted by Gasteiger charge is -2.47. The number of benzene rings is 1. The second-order valence-electron chi connectivity index (χ2n) is 6.35. The van der Waals surface area contributed by atoms with Crippen molar-refractivity contribution in [3.8, 4) is 23.7 Å². The number of carbonyl (C=O) groups is 2. The Morgan fingerprint density at radius 3 is 2.46 bits per heavy atom. The summed E-state index contributed by atoms with van der Waals surface area (Å²) in [4.78, 5) is 25.6. The van der Waals surface area contributed by atoms with E-state index >= 15 is 0 Å². The van der Waals surface area contributed by atoms with Gasteiger partial charge in [-0.05, 0) is 43.0 Å². The summed E-state index contributed by atoms with van der Waals surface area (Å²) in [7, 11) is 2.83. The molecule has 1 N–H and O–H groups in total. The zero-order valence-corrected chi connectivity index (χ0v) is 16.9. The topological polar surface area (TPSA) is 76.1 Å². The highest BCUT2D eigenvalue weighted by molar-refractivity contribution is 8.00. The molecule has 28 heavy (non-hydrogen) atoms. The fourth-order valence-corrected chi connectivity index (χ4v) is 3.88. The maximum absolute atomic E-state index is 12.4. The van der Waals surface area contributed by atoms with Crippen LogP contribution in [0.3, 0.4) is 0 Å². The lowest BCUT2D eigenvalue weighted by Crippen LogP contribution is -2.65. The molecule has 148 valence electrons. The van der Waals surface area contributed by atoms with Crippen molar-refractivity contribution in [1.29, 1.82) is 0 Å². The Bertz CT molecular complexity index is 804. The third-order valence-corrected chi connectivity index (χ3v) is 5.72. The lowest BCUT2D eigenvalue weighted by atomic mass is 9.95. The van der Waals surface area contributed by atoms with Gasteiger partial charge in [-0.1, -0.05) is 11.8 Å². The van der Waals surface area contributed by atoms with Gasteiger partial charge in [0, 0.05) is 36.3 Å². The smallest absolute Gasteiger partial charge is 0.332 e. The van der Waals surface area contributed by atoms with Gasteiger partial charge in [-0.25, -0.2) is 4.79 Å². The third-order valence-electron chi connectivity index (χ3n) is 4.33. The lowest BCUT2D eigenvalue weighted by molar-refractivity contribution is -0.150. The molecule has 1 aliphatic rings. The van der Waals surface area contributed by atoms with E-state index < -0.39 is 23.7 Å². The van der Waals surface area contributed by atoms with Crippen LogP contribution in [0.1, 0.15) is 18.9 Å². The summed E-state index contributed by atoms with van der Waals surface area (Å²) < 4.78 is 10.5. The monoisotopic (exact) mass is 401 g/mol. The molecule has 2 atom stereocenters. The quantitative estimate of drug-likeness (QED) is 0.423. The first-order valence-electron chi connectivity index (χ1n) is 8.69. The van der Waals surface area contributed by atoms with E-state index in [2.05, 4.69) is 23.7 Å². The second-order valence-corrected chi connectivity index (χ2v) is 7.34. The van der Waals surface area contributed by atoms with Crippen molar-refractivity contribution in [3.63, 3.8) is 0 Å². The number of rotatable bonds is 7. The molecule has 0 bridgehead atoms. The largest absolute Gasteiger partial charge is 0.467 e. The van der Waals surface area contributed by atoms with Gasteiger partial charge in [0.05, 0.1) is 13.2 Å². The van der Waals surface area contributed by atoms with E-state index in [-0.39, 0.29) is 0 Å². The van der Waals surface area contributed by atoms with Crippen LogP contribution in [-0.2, 0) is 19.1 Å². The molecule has 1 amide bonds. The van der Waals surface area contributed by atoms with Gasteiger partial charge in [0.2, 0.25) is 6.41 Å². The summed E-state index contributed by atoms with van der Waals surface area (Å²) in [6, 6.07) is 6.06. The molecule has 7 heteroatoms. The summed E-state index contributed by atoms with van der Waals surface area (Å²) in [5.41, 5.74) is 0.497. The van der Waals surface area contributed by atoms with Gasteiger partial charge in [0.15, 0.2) is 6.04 Å². The Balaban J connectivity index is 2.23. The molecule has 0 spiro atoms. The number of hydrogen-bond donors (Lipinski definition) is 1. The van der Waals surface area contributed by atoms with E-state index in [1.165, 1.54) is 19.1 Å². The van der Waals surface area contributed by atoms with E-state index in [4.69, 9.17) is 14.6 Å². The molecule has 0 aliphatic carbocycles. The Morgan fingerprint density at radius 2 is 2.00 bits per heavy atom. The van der Waals surface area contributed by atoms with Crippen molar-refractivity contribution in [3.05, 3.63) is 29.8 Å². The van der Waals surface area contributed by atoms with E-state index in [9.17, 15) is 9.59 Å². The first kappa shape index (κ1) is 21.8. The zero-order valence-electron chi connectivity index (χ0n) is 16.1. The molecule has 1 saturated heterocycles. The number of methoxy groups -OCH3 is 2. The van der Waals surface area contributed by atoms with E-state index in [0.29, 0.717) is 30.0 Å². The minimum atomic E-state index is -0.871. The third kappa shape index (κ3) is 5.08. The highest BCUT2D eigenvalue weighted by atomic mass is 32.2. The van der Waals surface area contributed by atoms with Gasteiger partial charge in [-0.2, -0.15) is 11.8 Å². The van der Waals surface area contributed by atoms with Gasteiger partial charge in [-0.15, -0.1) is 0 Å². The average molecular weight is 401 g/mol. The molecular weight excluding hydrogens is 378 g/mol. The fourth-order valence-electron chi connectivity index (χ4n) is 2.72. The number of anilines is 1. The van der Waals surface area contributed by atoms with Gasteiger partial charge in [0.1, 0.15) is 5.60 Å². The van der Waals surface area contributed by atoms with Crippen molar-refractivity contribution >= 4 is 29.8 Å². The molecule has 1 fully saturated rings. The molecule has 2 unspecified atom stereocenters. The van der Waals surface area contributed by atoms with Crippen LogP contribution in [0.5, 0.6) is 0 Å². The molecule has 0 aromatic heterocycles. The van der Waals surface area contributed by atoms with Crippen LogP contribution in [0.2, 0.25) is 0 Å². The van der Waals surface area contributed by atoms with E-state index in [1.807, 2.05) is 0 Å². The van der Waals surface area contributed by atoms with Gasteiger partial charge >= 0.3 is 5.97 Å². The molecular formula is C21H23NO5S. The Morgan fingerprint density at radius 1 is 1.32 bits per heavy atom. The summed E-state index contributed by atoms with van der Waals surface area (Å²) in [5, 5.41) is 9.15. The predicted octanol–water partition coefficient (Wildman–Crippen LogP) is 1.45. The normalized spacial score (nSPS) is 16.1. The number of hydrogen-bond acceptors (Lipinski definition) is 6. The van der Waals surface area contributed by atoms with Gasteiger partial charge < -0.3 is 14.6 Å². The number of thioether (sulfide) groups is 1. The first-order chi connectivity index (χ1) is 13.5. The van der Waals surface area contributed by atoms with Crippen LogP contribution in [-0.4, -0.2) is 61.0 Å². The highest BCUT2D eigenvalue weighted by Gasteiger charge is 2.52. The molecule has 0 saturated carbocycles. The predicted molar refractivity (Wildman–Crippen MR) is 109 cm³/mol. The number of aliphatic hydroxyl groups excluding tert-OH is 1. The molecule has 2 rings (SSSR count). The zero-order chi connectivity index (χ0) is 20.6. The van der Waals surface area contributed by atoms with Crippen LogP contribution in [0.15, 0.2) is 24.3 Å². The Kier molecular flexibility index (Phi) is 7.95. The van der Waals surface area contributed by atoms with Crippen molar-refractivity contribution in [1.82, 2.24) is 0 Å². The number of esters is 1. The average Bonchev–Trinajstić information content (AvgIpc) is 2.66. The number of aliphatic hydroxyl groups is 1. The molecule has 1 aromatic carbocycles. The van der Waals surface area contributed by atoms with E-state index in [0.717, 1.165) is 5.56 Å². The Hall–Kier alpha value is -2.45. The van der Waals surface area contributed by atoms with Crippen LogP contribution in [0.25, 0.3) is 0 Å². The maximum Gasteiger partial charge on any atom is 0.332 e. The maximum atomic E-state index is 12.4. The van der Waals surface area contributed by atoms with Gasteiger partial charge in [-0.3, -0.25) is 9.69 Å². The highest BCUT2D eigenvalue weighted by Crippen LogP contribution is 2.39. The number of amides is 1. The minimum absolute atomic E-state index is 0.371. The van der Waals surface area contributed by atoms with Crippen LogP contribution in [0, 0.1) is 23.7 Å². The van der Waals surface area contributed by atoms with Crippen molar-refractivity contribution in [2.45, 2.75) is 31.1 Å². The molecule has 6 nitrogen and oxygen atoms in total. The molecule has 0 radical (unpaired) electrons. The van der Waals surface area contributed by atoms with Crippen LogP contribution < -0.4 is 4.90 Å².